The van der Waals surface area contributed by atoms with Gasteiger partial charge in [0, 0.05) is 18.5 Å². The number of alkyl halides is 3. The fourth-order valence-electron chi connectivity index (χ4n) is 2.86. The molecule has 0 aliphatic carbocycles. The van der Waals surface area contributed by atoms with E-state index in [4.69, 9.17) is 0 Å². The molecule has 0 aromatic heterocycles. The van der Waals surface area contributed by atoms with E-state index in [9.17, 15) is 22.8 Å². The van der Waals surface area contributed by atoms with Crippen LogP contribution in [0.5, 0.6) is 0 Å². The molecule has 132 valence electrons. The van der Waals surface area contributed by atoms with E-state index in [-0.39, 0.29) is 18.2 Å². The predicted octanol–water partition coefficient (Wildman–Crippen LogP) is 2.60. The Balaban J connectivity index is 1.80. The van der Waals surface area contributed by atoms with Gasteiger partial charge in [0.05, 0.1) is 6.54 Å². The van der Waals surface area contributed by atoms with Crippen molar-refractivity contribution in [3.63, 3.8) is 0 Å². The lowest BCUT2D eigenvalue weighted by molar-refractivity contribution is -0.159. The highest BCUT2D eigenvalue weighted by Crippen LogP contribution is 2.22. The lowest BCUT2D eigenvalue weighted by Crippen LogP contribution is -2.45. The molecule has 1 aliphatic rings. The number of likely N-dealkylation sites (N-methyl/N-ethyl adjacent to an activating group) is 1. The Bertz CT molecular complexity index is 567. The molecular formula is C17H21F3N2O2. The van der Waals surface area contributed by atoms with Gasteiger partial charge in [-0.3, -0.25) is 14.5 Å². The number of halogens is 3. The van der Waals surface area contributed by atoms with E-state index in [1.165, 1.54) is 0 Å². The monoisotopic (exact) mass is 342 g/mol. The quantitative estimate of drug-likeness (QED) is 0.773. The Kier molecular flexibility index (Phi) is 5.99. The van der Waals surface area contributed by atoms with Gasteiger partial charge in [-0.05, 0) is 25.9 Å². The fraction of sp³-hybridized carbons (Fsp3) is 0.529. The summed E-state index contributed by atoms with van der Waals surface area (Å²) in [7, 11) is 1.15. The summed E-state index contributed by atoms with van der Waals surface area (Å²) in [5, 5.41) is 0. The zero-order chi connectivity index (χ0) is 17.7. The van der Waals surface area contributed by atoms with Crippen molar-refractivity contribution in [2.24, 2.45) is 5.92 Å². The number of benzene rings is 1. The first kappa shape index (κ1) is 18.4. The van der Waals surface area contributed by atoms with Crippen LogP contribution in [0.25, 0.3) is 0 Å². The van der Waals surface area contributed by atoms with Crippen LogP contribution in [-0.2, 0) is 4.79 Å². The molecule has 4 nitrogen and oxygen atoms in total. The minimum atomic E-state index is -4.39. The highest BCUT2D eigenvalue weighted by molar-refractivity contribution is 5.97. The number of likely N-dealkylation sites (tertiary alicyclic amines) is 1. The van der Waals surface area contributed by atoms with Crippen molar-refractivity contribution in [3.8, 4) is 0 Å². The number of Topliss-reactive ketones (excluding diaryl/α,β-unsaturated/α-hetero) is 1. The van der Waals surface area contributed by atoms with Crippen molar-refractivity contribution in [3.05, 3.63) is 35.9 Å². The fourth-order valence-corrected chi connectivity index (χ4v) is 2.86. The molecule has 1 saturated heterocycles. The van der Waals surface area contributed by atoms with E-state index in [1.807, 2.05) is 23.1 Å². The van der Waals surface area contributed by atoms with E-state index in [2.05, 4.69) is 0 Å². The molecule has 24 heavy (non-hydrogen) atoms. The van der Waals surface area contributed by atoms with Gasteiger partial charge >= 0.3 is 6.18 Å². The lowest BCUT2D eigenvalue weighted by Gasteiger charge is -2.32. The number of carbonyl (C=O) groups excluding carboxylic acids is 2. The molecular weight excluding hydrogens is 321 g/mol. The average Bonchev–Trinajstić information content (AvgIpc) is 2.54. The van der Waals surface area contributed by atoms with Crippen molar-refractivity contribution in [2.75, 3.05) is 33.2 Å². The lowest BCUT2D eigenvalue weighted by atomic mass is 9.89. The van der Waals surface area contributed by atoms with Crippen molar-refractivity contribution in [1.82, 2.24) is 9.80 Å². The van der Waals surface area contributed by atoms with Crippen molar-refractivity contribution >= 4 is 11.7 Å². The molecule has 0 bridgehead atoms. The number of piperidine rings is 1. The molecule has 1 amide bonds. The van der Waals surface area contributed by atoms with Crippen LogP contribution in [0.1, 0.15) is 23.2 Å². The third kappa shape index (κ3) is 5.33. The average molecular weight is 342 g/mol. The van der Waals surface area contributed by atoms with Crippen LogP contribution < -0.4 is 0 Å². The van der Waals surface area contributed by atoms with Crippen LogP contribution in [0.2, 0.25) is 0 Å². The van der Waals surface area contributed by atoms with Gasteiger partial charge in [0.2, 0.25) is 5.91 Å². The standard InChI is InChI=1S/C17H21F3N2O2/c1-21(12-17(18,19)20)15(23)11-22-9-7-14(8-10-22)16(24)13-5-3-2-4-6-13/h2-6,14H,7-12H2,1H3. The Morgan fingerprint density at radius 1 is 1.17 bits per heavy atom. The number of amides is 1. The second-order valence-corrected chi connectivity index (χ2v) is 6.15. The maximum absolute atomic E-state index is 12.4. The smallest absolute Gasteiger partial charge is 0.336 e. The number of rotatable bonds is 5. The summed E-state index contributed by atoms with van der Waals surface area (Å²) in [6.45, 7) is -0.211. The summed E-state index contributed by atoms with van der Waals surface area (Å²) in [5.74, 6) is -0.553. The highest BCUT2D eigenvalue weighted by atomic mass is 19.4. The van der Waals surface area contributed by atoms with E-state index < -0.39 is 18.6 Å². The van der Waals surface area contributed by atoms with Crippen LogP contribution in [0.3, 0.4) is 0 Å². The Labute approximate surface area is 139 Å². The molecule has 1 aromatic rings. The molecule has 7 heteroatoms. The first-order valence-corrected chi connectivity index (χ1v) is 7.88. The first-order valence-electron chi connectivity index (χ1n) is 7.88. The maximum atomic E-state index is 12.4. The van der Waals surface area contributed by atoms with E-state index >= 15 is 0 Å². The molecule has 1 aromatic carbocycles. The van der Waals surface area contributed by atoms with E-state index in [1.54, 1.807) is 12.1 Å². The maximum Gasteiger partial charge on any atom is 0.406 e. The topological polar surface area (TPSA) is 40.6 Å². The summed E-state index contributed by atoms with van der Waals surface area (Å²) in [6.07, 6.45) is -3.16. The Morgan fingerprint density at radius 3 is 2.29 bits per heavy atom. The van der Waals surface area contributed by atoms with Crippen molar-refractivity contribution < 1.29 is 22.8 Å². The van der Waals surface area contributed by atoms with Gasteiger partial charge in [0.15, 0.2) is 5.78 Å². The van der Waals surface area contributed by atoms with E-state index in [0.29, 0.717) is 36.4 Å². The molecule has 0 spiro atoms. The predicted molar refractivity (Wildman–Crippen MR) is 83.6 cm³/mol. The van der Waals surface area contributed by atoms with Crippen molar-refractivity contribution in [1.29, 1.82) is 0 Å². The van der Waals surface area contributed by atoms with Crippen LogP contribution in [0, 0.1) is 5.92 Å². The van der Waals surface area contributed by atoms with Gasteiger partial charge < -0.3 is 4.90 Å². The molecule has 0 saturated carbocycles. The summed E-state index contributed by atoms with van der Waals surface area (Å²) >= 11 is 0. The SMILES string of the molecule is CN(CC(F)(F)F)C(=O)CN1CCC(C(=O)c2ccccc2)CC1. The summed E-state index contributed by atoms with van der Waals surface area (Å²) in [6, 6.07) is 9.05. The summed E-state index contributed by atoms with van der Waals surface area (Å²) < 4.78 is 36.9. The number of ketones is 1. The van der Waals surface area contributed by atoms with E-state index in [0.717, 1.165) is 7.05 Å². The van der Waals surface area contributed by atoms with Crippen LogP contribution in [-0.4, -0.2) is 60.9 Å². The minimum absolute atomic E-state index is 0.0428. The third-order valence-corrected chi connectivity index (χ3v) is 4.22. The molecule has 0 unspecified atom stereocenters. The van der Waals surface area contributed by atoms with Crippen LogP contribution >= 0.6 is 0 Å². The number of hydrogen-bond donors (Lipinski definition) is 0. The van der Waals surface area contributed by atoms with Gasteiger partial charge in [0.25, 0.3) is 0 Å². The Hall–Kier alpha value is -1.89. The second-order valence-electron chi connectivity index (χ2n) is 6.15. The molecule has 0 atom stereocenters. The normalized spacial score (nSPS) is 16.8. The molecule has 0 radical (unpaired) electrons. The molecule has 1 fully saturated rings. The molecule has 1 heterocycles. The zero-order valence-electron chi connectivity index (χ0n) is 13.6. The first-order chi connectivity index (χ1) is 11.3. The summed E-state index contributed by atoms with van der Waals surface area (Å²) in [4.78, 5) is 26.7. The number of hydrogen-bond acceptors (Lipinski definition) is 3. The molecule has 1 aliphatic heterocycles. The third-order valence-electron chi connectivity index (χ3n) is 4.22. The highest BCUT2D eigenvalue weighted by Gasteiger charge is 2.32. The second kappa shape index (κ2) is 7.79. The van der Waals surface area contributed by atoms with Crippen LogP contribution in [0.4, 0.5) is 13.2 Å². The van der Waals surface area contributed by atoms with Gasteiger partial charge in [-0.25, -0.2) is 0 Å². The largest absolute Gasteiger partial charge is 0.406 e. The Morgan fingerprint density at radius 2 is 1.75 bits per heavy atom. The van der Waals surface area contributed by atoms with Crippen molar-refractivity contribution in [2.45, 2.75) is 19.0 Å². The van der Waals surface area contributed by atoms with Crippen LogP contribution in [0.15, 0.2) is 30.3 Å². The van der Waals surface area contributed by atoms with Gasteiger partial charge in [-0.15, -0.1) is 0 Å². The summed E-state index contributed by atoms with van der Waals surface area (Å²) in [5.41, 5.74) is 0.678. The van der Waals surface area contributed by atoms with Gasteiger partial charge in [0.1, 0.15) is 6.54 Å². The number of nitrogens with zero attached hydrogens (tertiary/aromatic N) is 2. The molecule has 0 N–H and O–H groups in total. The molecule has 2 rings (SSSR count). The zero-order valence-corrected chi connectivity index (χ0v) is 13.6. The van der Waals surface area contributed by atoms with Gasteiger partial charge in [-0.1, -0.05) is 30.3 Å². The van der Waals surface area contributed by atoms with Gasteiger partial charge in [-0.2, -0.15) is 13.2 Å². The number of carbonyl (C=O) groups is 2. The minimum Gasteiger partial charge on any atom is -0.336 e.